The quantitative estimate of drug-likeness (QED) is 0.738. The maximum atomic E-state index is 12.0. The second-order valence-corrected chi connectivity index (χ2v) is 6.70. The Bertz CT molecular complexity index is 314. The average Bonchev–Trinajstić information content (AvgIpc) is 2.29. The number of rotatable bonds is 6. The van der Waals surface area contributed by atoms with Gasteiger partial charge in [-0.1, -0.05) is 0 Å². The van der Waals surface area contributed by atoms with Crippen molar-refractivity contribution >= 4 is 22.4 Å². The molecule has 1 atom stereocenters. The summed E-state index contributed by atoms with van der Waals surface area (Å²) >= 11 is 0. The zero-order valence-corrected chi connectivity index (χ0v) is 12.8. The summed E-state index contributed by atoms with van der Waals surface area (Å²) in [4.78, 5) is 0. The van der Waals surface area contributed by atoms with E-state index >= 15 is 0 Å². The molecule has 110 valence electrons. The number of sulfonamides is 1. The molecule has 1 saturated heterocycles. The molecular formula is C11H25ClN2O3S. The third-order valence-electron chi connectivity index (χ3n) is 3.33. The highest BCUT2D eigenvalue weighted by Gasteiger charge is 2.28. The van der Waals surface area contributed by atoms with E-state index in [0.29, 0.717) is 25.6 Å². The molecule has 1 rings (SSSR count). The van der Waals surface area contributed by atoms with Crippen molar-refractivity contribution < 1.29 is 13.2 Å². The summed E-state index contributed by atoms with van der Waals surface area (Å²) in [5.74, 6) is 0.539. The van der Waals surface area contributed by atoms with Crippen LogP contribution in [0.5, 0.6) is 0 Å². The first kappa shape index (κ1) is 18.1. The fourth-order valence-electron chi connectivity index (χ4n) is 2.12. The summed E-state index contributed by atoms with van der Waals surface area (Å²) in [6.45, 7) is 5.89. The van der Waals surface area contributed by atoms with Crippen LogP contribution in [-0.4, -0.2) is 50.8 Å². The van der Waals surface area contributed by atoms with Crippen LogP contribution in [0.3, 0.4) is 0 Å². The largest absolute Gasteiger partial charge is 0.381 e. The molecule has 2 N–H and O–H groups in total. The van der Waals surface area contributed by atoms with Crippen LogP contribution in [0, 0.1) is 5.92 Å². The monoisotopic (exact) mass is 300 g/mol. The van der Waals surface area contributed by atoms with E-state index in [4.69, 9.17) is 10.5 Å². The lowest BCUT2D eigenvalue weighted by Crippen LogP contribution is -2.43. The van der Waals surface area contributed by atoms with Gasteiger partial charge in [0.2, 0.25) is 10.0 Å². The van der Waals surface area contributed by atoms with Crippen molar-refractivity contribution in [1.82, 2.24) is 4.31 Å². The standard InChI is InChI=1S/C11H24N2O3S.ClH/c1-3-16-8-9-17(14,15)13-6-4-11(5-7-13)10(2)12;/h10-11H,3-9,12H2,1-2H3;1H. The normalized spacial score (nSPS) is 20.4. The first-order valence-corrected chi connectivity index (χ1v) is 7.89. The smallest absolute Gasteiger partial charge is 0.216 e. The molecular weight excluding hydrogens is 276 g/mol. The maximum absolute atomic E-state index is 12.0. The van der Waals surface area contributed by atoms with Crippen molar-refractivity contribution in [2.75, 3.05) is 32.1 Å². The van der Waals surface area contributed by atoms with Crippen molar-refractivity contribution in [3.63, 3.8) is 0 Å². The van der Waals surface area contributed by atoms with E-state index in [9.17, 15) is 8.42 Å². The molecule has 0 aromatic rings. The molecule has 0 spiro atoms. The van der Waals surface area contributed by atoms with Crippen molar-refractivity contribution in [3.8, 4) is 0 Å². The Kier molecular flexibility index (Phi) is 8.38. The fourth-order valence-corrected chi connectivity index (χ4v) is 3.47. The van der Waals surface area contributed by atoms with Gasteiger partial charge in [-0.25, -0.2) is 12.7 Å². The zero-order chi connectivity index (χ0) is 12.9. The minimum atomic E-state index is -3.14. The number of hydrogen-bond donors (Lipinski definition) is 1. The summed E-state index contributed by atoms with van der Waals surface area (Å²) in [6, 6.07) is 0.156. The van der Waals surface area contributed by atoms with Crippen molar-refractivity contribution in [3.05, 3.63) is 0 Å². The Morgan fingerprint density at radius 2 is 1.94 bits per heavy atom. The van der Waals surface area contributed by atoms with Crippen LogP contribution >= 0.6 is 12.4 Å². The molecule has 0 amide bonds. The molecule has 1 aliphatic rings. The van der Waals surface area contributed by atoms with Crippen LogP contribution in [0.1, 0.15) is 26.7 Å². The first-order valence-electron chi connectivity index (χ1n) is 6.28. The molecule has 0 saturated carbocycles. The van der Waals surface area contributed by atoms with Crippen LogP contribution in [-0.2, 0) is 14.8 Å². The number of hydrogen-bond acceptors (Lipinski definition) is 4. The van der Waals surface area contributed by atoms with E-state index in [0.717, 1.165) is 12.8 Å². The highest BCUT2D eigenvalue weighted by atomic mass is 35.5. The Morgan fingerprint density at radius 1 is 1.39 bits per heavy atom. The number of nitrogens with zero attached hydrogens (tertiary/aromatic N) is 1. The van der Waals surface area contributed by atoms with Crippen molar-refractivity contribution in [2.45, 2.75) is 32.7 Å². The van der Waals surface area contributed by atoms with Crippen LogP contribution in [0.15, 0.2) is 0 Å². The second-order valence-electron chi connectivity index (χ2n) is 4.61. The number of halogens is 1. The van der Waals surface area contributed by atoms with Crippen LogP contribution in [0.2, 0.25) is 0 Å². The first-order chi connectivity index (χ1) is 7.97. The predicted molar refractivity (Wildman–Crippen MR) is 75.5 cm³/mol. The number of ether oxygens (including phenoxy) is 1. The predicted octanol–water partition coefficient (Wildman–Crippen LogP) is 0.834. The van der Waals surface area contributed by atoms with E-state index < -0.39 is 10.0 Å². The highest BCUT2D eigenvalue weighted by molar-refractivity contribution is 7.89. The van der Waals surface area contributed by atoms with Gasteiger partial charge in [0.25, 0.3) is 0 Å². The zero-order valence-electron chi connectivity index (χ0n) is 11.2. The van der Waals surface area contributed by atoms with E-state index in [-0.39, 0.29) is 30.8 Å². The lowest BCUT2D eigenvalue weighted by atomic mass is 9.92. The second kappa shape index (κ2) is 8.32. The Labute approximate surface area is 117 Å². The summed E-state index contributed by atoms with van der Waals surface area (Å²) in [5, 5.41) is 0. The van der Waals surface area contributed by atoms with Crippen molar-refractivity contribution in [2.24, 2.45) is 11.7 Å². The van der Waals surface area contributed by atoms with Gasteiger partial charge >= 0.3 is 0 Å². The molecule has 0 aromatic heterocycles. The van der Waals surface area contributed by atoms with Crippen LogP contribution in [0.4, 0.5) is 0 Å². The molecule has 18 heavy (non-hydrogen) atoms. The molecule has 5 nitrogen and oxygen atoms in total. The van der Waals surface area contributed by atoms with Gasteiger partial charge in [-0.15, -0.1) is 12.4 Å². The van der Waals surface area contributed by atoms with Gasteiger partial charge in [0.05, 0.1) is 12.4 Å². The molecule has 1 unspecified atom stereocenters. The molecule has 7 heteroatoms. The van der Waals surface area contributed by atoms with Crippen LogP contribution < -0.4 is 5.73 Å². The molecule has 1 heterocycles. The Morgan fingerprint density at radius 3 is 2.39 bits per heavy atom. The molecule has 1 aliphatic heterocycles. The fraction of sp³-hybridized carbons (Fsp3) is 1.00. The van der Waals surface area contributed by atoms with E-state index in [1.165, 1.54) is 0 Å². The molecule has 0 aliphatic carbocycles. The molecule has 0 bridgehead atoms. The third-order valence-corrected chi connectivity index (χ3v) is 5.16. The SMILES string of the molecule is CCOCCS(=O)(=O)N1CCC(C(C)N)CC1.Cl. The Balaban J connectivity index is 0.00000289. The van der Waals surface area contributed by atoms with E-state index in [2.05, 4.69) is 0 Å². The number of piperidine rings is 1. The van der Waals surface area contributed by atoms with Gasteiger partial charge in [0, 0.05) is 25.7 Å². The van der Waals surface area contributed by atoms with Crippen LogP contribution in [0.25, 0.3) is 0 Å². The lowest BCUT2D eigenvalue weighted by molar-refractivity contribution is 0.161. The van der Waals surface area contributed by atoms with Gasteiger partial charge in [0.1, 0.15) is 0 Å². The van der Waals surface area contributed by atoms with E-state index in [1.54, 1.807) is 4.31 Å². The number of nitrogens with two attached hydrogens (primary N) is 1. The Hall–Kier alpha value is 0.120. The van der Waals surface area contributed by atoms with Gasteiger partial charge in [-0.3, -0.25) is 0 Å². The molecule has 0 aromatic carbocycles. The summed E-state index contributed by atoms with van der Waals surface area (Å²) in [6.07, 6.45) is 1.73. The summed E-state index contributed by atoms with van der Waals surface area (Å²) in [7, 11) is -3.14. The third kappa shape index (κ3) is 5.40. The maximum Gasteiger partial charge on any atom is 0.216 e. The molecule has 0 radical (unpaired) electrons. The summed E-state index contributed by atoms with van der Waals surface area (Å²) in [5.41, 5.74) is 5.83. The minimum Gasteiger partial charge on any atom is -0.381 e. The van der Waals surface area contributed by atoms with Gasteiger partial charge in [-0.05, 0) is 32.6 Å². The van der Waals surface area contributed by atoms with Gasteiger partial charge < -0.3 is 10.5 Å². The molecule has 1 fully saturated rings. The minimum absolute atomic E-state index is 0. The van der Waals surface area contributed by atoms with Gasteiger partial charge in [0.15, 0.2) is 0 Å². The van der Waals surface area contributed by atoms with E-state index in [1.807, 2.05) is 13.8 Å². The van der Waals surface area contributed by atoms with Gasteiger partial charge in [-0.2, -0.15) is 0 Å². The average molecular weight is 301 g/mol. The summed E-state index contributed by atoms with van der Waals surface area (Å²) < 4.78 is 30.6. The highest BCUT2D eigenvalue weighted by Crippen LogP contribution is 2.21. The van der Waals surface area contributed by atoms with Crippen molar-refractivity contribution in [1.29, 1.82) is 0 Å². The topological polar surface area (TPSA) is 72.6 Å². The lowest BCUT2D eigenvalue weighted by Gasteiger charge is -2.32.